The first-order valence-electron chi connectivity index (χ1n) is 5.85. The Morgan fingerprint density at radius 3 is 1.94 bits per heavy atom. The van der Waals surface area contributed by atoms with Crippen molar-refractivity contribution in [3.63, 3.8) is 0 Å². The molecule has 17 heavy (non-hydrogen) atoms. The van der Waals surface area contributed by atoms with Gasteiger partial charge in [-0.05, 0) is 32.6 Å². The molecule has 0 aliphatic carbocycles. The summed E-state index contributed by atoms with van der Waals surface area (Å²) in [4.78, 5) is 0. The molecule has 0 rings (SSSR count). The SMILES string of the molecule is CC(C)(C)CC(N)CNS(=O)(=O)NC(C)(C)C. The van der Waals surface area contributed by atoms with Gasteiger partial charge in [-0.15, -0.1) is 0 Å². The second kappa shape index (κ2) is 5.65. The van der Waals surface area contributed by atoms with Gasteiger partial charge < -0.3 is 5.73 Å². The van der Waals surface area contributed by atoms with E-state index in [0.717, 1.165) is 6.42 Å². The quantitative estimate of drug-likeness (QED) is 0.692. The molecule has 0 bridgehead atoms. The molecular formula is C11H27N3O2S. The predicted molar refractivity (Wildman–Crippen MR) is 71.9 cm³/mol. The lowest BCUT2D eigenvalue weighted by molar-refractivity contribution is 0.338. The van der Waals surface area contributed by atoms with Crippen LogP contribution >= 0.6 is 0 Å². The Hall–Kier alpha value is -0.170. The minimum Gasteiger partial charge on any atom is -0.326 e. The molecule has 0 radical (unpaired) electrons. The van der Waals surface area contributed by atoms with Gasteiger partial charge in [0.15, 0.2) is 0 Å². The Bertz CT molecular complexity index is 326. The van der Waals surface area contributed by atoms with E-state index in [-0.39, 0.29) is 18.0 Å². The lowest BCUT2D eigenvalue weighted by atomic mass is 9.88. The van der Waals surface area contributed by atoms with Crippen LogP contribution in [-0.4, -0.2) is 26.5 Å². The summed E-state index contributed by atoms with van der Waals surface area (Å²) in [7, 11) is -3.47. The Labute approximate surface area is 106 Å². The third-order valence-electron chi connectivity index (χ3n) is 1.85. The van der Waals surface area contributed by atoms with Crippen LogP contribution in [0.1, 0.15) is 48.0 Å². The molecular weight excluding hydrogens is 238 g/mol. The maximum atomic E-state index is 11.6. The first-order chi connectivity index (χ1) is 7.31. The molecule has 0 spiro atoms. The third-order valence-corrected chi connectivity index (χ3v) is 3.28. The molecule has 0 heterocycles. The molecule has 4 N–H and O–H groups in total. The van der Waals surface area contributed by atoms with Gasteiger partial charge in [0.05, 0.1) is 0 Å². The second-order valence-electron chi connectivity index (χ2n) is 6.73. The van der Waals surface area contributed by atoms with Crippen LogP contribution in [0.3, 0.4) is 0 Å². The summed E-state index contributed by atoms with van der Waals surface area (Å²) < 4.78 is 28.3. The van der Waals surface area contributed by atoms with E-state index in [2.05, 4.69) is 30.2 Å². The van der Waals surface area contributed by atoms with Crippen LogP contribution in [0, 0.1) is 5.41 Å². The highest BCUT2D eigenvalue weighted by molar-refractivity contribution is 7.87. The van der Waals surface area contributed by atoms with Crippen molar-refractivity contribution in [2.45, 2.75) is 59.5 Å². The van der Waals surface area contributed by atoms with Crippen LogP contribution in [0.5, 0.6) is 0 Å². The molecule has 1 atom stereocenters. The van der Waals surface area contributed by atoms with Crippen molar-refractivity contribution in [1.29, 1.82) is 0 Å². The number of hydrogen-bond acceptors (Lipinski definition) is 3. The minimum atomic E-state index is -3.47. The Morgan fingerprint density at radius 2 is 1.59 bits per heavy atom. The zero-order valence-corrected chi connectivity index (χ0v) is 12.6. The van der Waals surface area contributed by atoms with Crippen molar-refractivity contribution in [3.8, 4) is 0 Å². The highest BCUT2D eigenvalue weighted by atomic mass is 32.2. The first kappa shape index (κ1) is 16.8. The van der Waals surface area contributed by atoms with Gasteiger partial charge in [0.1, 0.15) is 0 Å². The van der Waals surface area contributed by atoms with Gasteiger partial charge in [0.25, 0.3) is 10.2 Å². The molecule has 6 heteroatoms. The standard InChI is InChI=1S/C11H27N3O2S/c1-10(2,3)7-9(12)8-13-17(15,16)14-11(4,5)6/h9,13-14H,7-8,12H2,1-6H3. The molecule has 104 valence electrons. The van der Waals surface area contributed by atoms with Crippen molar-refractivity contribution < 1.29 is 8.42 Å². The molecule has 0 aliphatic heterocycles. The molecule has 0 fully saturated rings. The van der Waals surface area contributed by atoms with E-state index >= 15 is 0 Å². The van der Waals surface area contributed by atoms with Crippen LogP contribution < -0.4 is 15.2 Å². The molecule has 5 nitrogen and oxygen atoms in total. The molecule has 0 aromatic carbocycles. The Morgan fingerprint density at radius 1 is 1.12 bits per heavy atom. The van der Waals surface area contributed by atoms with E-state index in [1.54, 1.807) is 20.8 Å². The number of rotatable bonds is 5. The van der Waals surface area contributed by atoms with E-state index in [1.807, 2.05) is 0 Å². The van der Waals surface area contributed by atoms with Gasteiger partial charge in [-0.3, -0.25) is 0 Å². The van der Waals surface area contributed by atoms with Gasteiger partial charge in [-0.1, -0.05) is 20.8 Å². The van der Waals surface area contributed by atoms with Gasteiger partial charge in [-0.25, -0.2) is 4.72 Å². The molecule has 0 amide bonds. The van der Waals surface area contributed by atoms with Crippen LogP contribution in [0.2, 0.25) is 0 Å². The Kier molecular flexibility index (Phi) is 5.59. The fraction of sp³-hybridized carbons (Fsp3) is 1.00. The van der Waals surface area contributed by atoms with Crippen molar-refractivity contribution in [1.82, 2.24) is 9.44 Å². The molecule has 0 aliphatic rings. The maximum Gasteiger partial charge on any atom is 0.277 e. The number of hydrogen-bond donors (Lipinski definition) is 3. The van der Waals surface area contributed by atoms with Gasteiger partial charge in [0, 0.05) is 18.1 Å². The number of nitrogens with two attached hydrogens (primary N) is 1. The molecule has 0 saturated heterocycles. The molecule has 0 aromatic rings. The summed E-state index contributed by atoms with van der Waals surface area (Å²) in [5, 5.41) is 0. The average molecular weight is 265 g/mol. The molecule has 1 unspecified atom stereocenters. The second-order valence-corrected chi connectivity index (χ2v) is 8.23. The fourth-order valence-corrected chi connectivity index (χ4v) is 2.83. The summed E-state index contributed by atoms with van der Waals surface area (Å²) in [6.45, 7) is 11.9. The van der Waals surface area contributed by atoms with Gasteiger partial charge >= 0.3 is 0 Å². The van der Waals surface area contributed by atoms with E-state index in [9.17, 15) is 8.42 Å². The van der Waals surface area contributed by atoms with Crippen LogP contribution in [0.15, 0.2) is 0 Å². The largest absolute Gasteiger partial charge is 0.326 e. The Balaban J connectivity index is 4.20. The highest BCUT2D eigenvalue weighted by Crippen LogP contribution is 2.19. The highest BCUT2D eigenvalue weighted by Gasteiger charge is 2.21. The lowest BCUT2D eigenvalue weighted by Crippen LogP contribution is -2.49. The van der Waals surface area contributed by atoms with Gasteiger partial charge in [0.2, 0.25) is 0 Å². The molecule has 0 saturated carbocycles. The van der Waals surface area contributed by atoms with Crippen molar-refractivity contribution in [2.75, 3.05) is 6.54 Å². The van der Waals surface area contributed by atoms with Crippen LogP contribution in [-0.2, 0) is 10.2 Å². The van der Waals surface area contributed by atoms with Gasteiger partial charge in [-0.2, -0.15) is 13.1 Å². The van der Waals surface area contributed by atoms with Crippen LogP contribution in [0.25, 0.3) is 0 Å². The summed E-state index contributed by atoms with van der Waals surface area (Å²) in [5.74, 6) is 0. The summed E-state index contributed by atoms with van der Waals surface area (Å²) >= 11 is 0. The summed E-state index contributed by atoms with van der Waals surface area (Å²) in [6, 6.07) is -0.174. The lowest BCUT2D eigenvalue weighted by Gasteiger charge is -2.25. The van der Waals surface area contributed by atoms with E-state index in [0.29, 0.717) is 0 Å². The monoisotopic (exact) mass is 265 g/mol. The predicted octanol–water partition coefficient (Wildman–Crippen LogP) is 0.972. The van der Waals surface area contributed by atoms with Crippen molar-refractivity contribution in [2.24, 2.45) is 11.1 Å². The number of nitrogens with one attached hydrogen (secondary N) is 2. The third kappa shape index (κ3) is 10.7. The minimum absolute atomic E-state index is 0.0995. The van der Waals surface area contributed by atoms with E-state index in [4.69, 9.17) is 5.73 Å². The first-order valence-corrected chi connectivity index (χ1v) is 7.33. The smallest absolute Gasteiger partial charge is 0.277 e. The maximum absolute atomic E-state index is 11.6. The normalized spacial score (nSPS) is 15.9. The van der Waals surface area contributed by atoms with Crippen molar-refractivity contribution >= 4 is 10.2 Å². The van der Waals surface area contributed by atoms with Crippen molar-refractivity contribution in [3.05, 3.63) is 0 Å². The average Bonchev–Trinajstić information content (AvgIpc) is 1.92. The summed E-state index contributed by atoms with van der Waals surface area (Å²) in [6.07, 6.45) is 0.769. The molecule has 0 aromatic heterocycles. The van der Waals surface area contributed by atoms with E-state index < -0.39 is 15.7 Å². The van der Waals surface area contributed by atoms with Crippen LogP contribution in [0.4, 0.5) is 0 Å². The fourth-order valence-electron chi connectivity index (χ4n) is 1.51. The zero-order valence-electron chi connectivity index (χ0n) is 11.8. The van der Waals surface area contributed by atoms with E-state index in [1.165, 1.54) is 0 Å². The topological polar surface area (TPSA) is 84.2 Å². The zero-order chi connectivity index (χ0) is 13.9. The summed E-state index contributed by atoms with van der Waals surface area (Å²) in [5.41, 5.74) is 5.49.